The molecule has 0 radical (unpaired) electrons. The van der Waals surface area contributed by atoms with Crippen LogP contribution in [0.3, 0.4) is 0 Å². The van der Waals surface area contributed by atoms with E-state index < -0.39 is 56.8 Å². The number of ether oxygens (including phenoxy) is 1. The van der Waals surface area contributed by atoms with Crippen molar-refractivity contribution in [3.8, 4) is 16.9 Å². The predicted molar refractivity (Wildman–Crippen MR) is 161 cm³/mol. The Morgan fingerprint density at radius 3 is 2.36 bits per heavy atom. The number of methoxy groups -OCH3 is 1. The number of carbonyl (C=O) groups is 4. The van der Waals surface area contributed by atoms with Crippen molar-refractivity contribution in [2.45, 2.75) is 65.9 Å². The number of aliphatic hydroxyl groups is 3. The highest BCUT2D eigenvalue weighted by atomic mass is 16.5. The molecular weight excluding hydrogens is 564 g/mol. The van der Waals surface area contributed by atoms with E-state index in [1.807, 2.05) is 24.3 Å². The lowest BCUT2D eigenvalue weighted by Gasteiger charge is -2.59. The largest absolute Gasteiger partial charge is 0.511 e. The predicted octanol–water partition coefficient (Wildman–Crippen LogP) is 5.12. The number of esters is 1. The number of aliphatic hydroxyl groups excluding tert-OH is 2. The minimum absolute atomic E-state index is 0.0131. The SMILES string of the molecule is COC(=O)CCc1cccc(-c2ccc(O)c3c2C[C@]2(C)C[C@]4(C)C(C(C)C)C(O)=C(C(C)=O)C(=O)[C@]4(O)C(O)=C2C3=O)c1. The topological polar surface area (TPSA) is 158 Å². The van der Waals surface area contributed by atoms with E-state index in [0.29, 0.717) is 17.5 Å². The van der Waals surface area contributed by atoms with Crippen LogP contribution in [-0.2, 0) is 32.0 Å². The summed E-state index contributed by atoms with van der Waals surface area (Å²) in [6, 6.07) is 10.6. The van der Waals surface area contributed by atoms with Crippen molar-refractivity contribution >= 4 is 23.3 Å². The summed E-state index contributed by atoms with van der Waals surface area (Å²) in [4.78, 5) is 52.4. The normalized spacial score (nSPS) is 28.0. The summed E-state index contributed by atoms with van der Waals surface area (Å²) >= 11 is 0. The van der Waals surface area contributed by atoms with Crippen LogP contribution in [0.15, 0.2) is 59.1 Å². The third-order valence-corrected chi connectivity index (χ3v) is 9.97. The molecule has 4 N–H and O–H groups in total. The van der Waals surface area contributed by atoms with Crippen molar-refractivity contribution < 1.29 is 44.3 Å². The number of rotatable bonds is 6. The number of phenols is 1. The third kappa shape index (κ3) is 4.24. The number of hydrogen-bond donors (Lipinski definition) is 4. The molecule has 0 heterocycles. The molecule has 0 fully saturated rings. The molecule has 2 aromatic rings. The second kappa shape index (κ2) is 10.4. The van der Waals surface area contributed by atoms with Crippen molar-refractivity contribution in [2.24, 2.45) is 22.7 Å². The Morgan fingerprint density at radius 2 is 1.75 bits per heavy atom. The quantitative estimate of drug-likeness (QED) is 0.260. The number of allylic oxidation sites excluding steroid dienone is 2. The Labute approximate surface area is 255 Å². The molecule has 2 aromatic carbocycles. The highest BCUT2D eigenvalue weighted by Gasteiger charge is 2.71. The Hall–Kier alpha value is -4.24. The Morgan fingerprint density at radius 1 is 1.07 bits per heavy atom. The summed E-state index contributed by atoms with van der Waals surface area (Å²) < 4.78 is 4.76. The van der Waals surface area contributed by atoms with Crippen molar-refractivity contribution in [3.63, 3.8) is 0 Å². The summed E-state index contributed by atoms with van der Waals surface area (Å²) in [7, 11) is 1.33. The first kappa shape index (κ1) is 31.2. The van der Waals surface area contributed by atoms with Gasteiger partial charge in [0.05, 0.1) is 12.7 Å². The molecule has 4 atom stereocenters. The second-order valence-corrected chi connectivity index (χ2v) is 13.2. The van der Waals surface area contributed by atoms with E-state index in [4.69, 9.17) is 4.74 Å². The number of aryl methyl sites for hydroxylation is 1. The van der Waals surface area contributed by atoms with E-state index in [1.54, 1.807) is 33.8 Å². The van der Waals surface area contributed by atoms with Gasteiger partial charge in [0.15, 0.2) is 17.2 Å². The maximum atomic E-state index is 14.3. The Balaban J connectivity index is 1.72. The van der Waals surface area contributed by atoms with Gasteiger partial charge in [0, 0.05) is 28.7 Å². The van der Waals surface area contributed by atoms with Crippen LogP contribution in [0.1, 0.15) is 68.9 Å². The fraction of sp³-hybridized carbons (Fsp3) is 0.429. The average molecular weight is 603 g/mol. The van der Waals surface area contributed by atoms with Gasteiger partial charge in [0.25, 0.3) is 0 Å². The first-order chi connectivity index (χ1) is 20.5. The maximum Gasteiger partial charge on any atom is 0.305 e. The highest BCUT2D eigenvalue weighted by molar-refractivity contribution is 6.25. The number of benzene rings is 2. The molecule has 5 rings (SSSR count). The van der Waals surface area contributed by atoms with Gasteiger partial charge in [0.2, 0.25) is 5.78 Å². The molecule has 0 bridgehead atoms. The lowest BCUT2D eigenvalue weighted by molar-refractivity contribution is -0.171. The molecule has 0 spiro atoms. The third-order valence-electron chi connectivity index (χ3n) is 9.97. The molecule has 1 unspecified atom stereocenters. The molecule has 3 aliphatic rings. The summed E-state index contributed by atoms with van der Waals surface area (Å²) in [5.74, 6) is -5.78. The zero-order chi connectivity index (χ0) is 32.5. The number of hydrogen-bond acceptors (Lipinski definition) is 9. The van der Waals surface area contributed by atoms with Crippen molar-refractivity contribution in [2.75, 3.05) is 7.11 Å². The lowest BCUT2D eigenvalue weighted by Crippen LogP contribution is -2.67. The molecule has 3 aliphatic carbocycles. The van der Waals surface area contributed by atoms with Gasteiger partial charge in [-0.15, -0.1) is 0 Å². The van der Waals surface area contributed by atoms with Crippen LogP contribution in [0.4, 0.5) is 0 Å². The molecule has 9 nitrogen and oxygen atoms in total. The van der Waals surface area contributed by atoms with Crippen molar-refractivity contribution in [1.29, 1.82) is 0 Å². The molecule has 0 saturated heterocycles. The number of fused-ring (bicyclic) bond motifs is 3. The first-order valence-electron chi connectivity index (χ1n) is 14.7. The summed E-state index contributed by atoms with van der Waals surface area (Å²) in [5.41, 5.74) is -3.23. The van der Waals surface area contributed by atoms with Crippen molar-refractivity contribution in [3.05, 3.63) is 75.8 Å². The minimum Gasteiger partial charge on any atom is -0.511 e. The highest BCUT2D eigenvalue weighted by Crippen LogP contribution is 2.65. The van der Waals surface area contributed by atoms with Crippen LogP contribution in [0.2, 0.25) is 0 Å². The maximum absolute atomic E-state index is 14.3. The van der Waals surface area contributed by atoms with Gasteiger partial charge in [-0.25, -0.2) is 0 Å². The molecule has 0 saturated carbocycles. The molecule has 0 aromatic heterocycles. The van der Waals surface area contributed by atoms with E-state index in [2.05, 4.69) is 0 Å². The van der Waals surface area contributed by atoms with Gasteiger partial charge in [-0.1, -0.05) is 58.0 Å². The number of phenolic OH excluding ortho intramolecular Hbond substituents is 1. The fourth-order valence-corrected chi connectivity index (χ4v) is 8.25. The van der Waals surface area contributed by atoms with E-state index in [1.165, 1.54) is 13.2 Å². The average Bonchev–Trinajstić information content (AvgIpc) is 2.93. The monoisotopic (exact) mass is 602 g/mol. The number of ketones is 3. The van der Waals surface area contributed by atoms with Crippen LogP contribution in [0.5, 0.6) is 5.75 Å². The smallest absolute Gasteiger partial charge is 0.305 e. The van der Waals surface area contributed by atoms with Gasteiger partial charge in [-0.3, -0.25) is 19.2 Å². The van der Waals surface area contributed by atoms with E-state index in [9.17, 15) is 39.6 Å². The zero-order valence-electron chi connectivity index (χ0n) is 25.8. The van der Waals surface area contributed by atoms with Gasteiger partial charge >= 0.3 is 5.97 Å². The first-order valence-corrected chi connectivity index (χ1v) is 14.7. The zero-order valence-corrected chi connectivity index (χ0v) is 25.8. The second-order valence-electron chi connectivity index (χ2n) is 13.2. The standard InChI is InChI=1S/C35H38O9/c1-17(2)27-29(39)25(18(3)36)31(41)35(43)32(42)28-30(40)26-22(15-33(28,4)16-34(27,35)5)21(11-12-23(26)37)20-9-7-8-19(14-20)10-13-24(38)44-6/h7-9,11-12,14,17,27,37,39,42-43H,10,13,15-16H2,1-6H3/t27?,33-,34-,35+/m1/s1. The van der Waals surface area contributed by atoms with E-state index in [0.717, 1.165) is 18.1 Å². The molecule has 0 amide bonds. The molecule has 232 valence electrons. The van der Waals surface area contributed by atoms with Gasteiger partial charge in [-0.2, -0.15) is 0 Å². The minimum atomic E-state index is -2.65. The number of carbonyl (C=O) groups excluding carboxylic acids is 4. The van der Waals surface area contributed by atoms with Crippen molar-refractivity contribution in [1.82, 2.24) is 0 Å². The molecular formula is C35H38O9. The summed E-state index contributed by atoms with van der Waals surface area (Å²) in [6.45, 7) is 8.08. The van der Waals surface area contributed by atoms with Gasteiger partial charge in [-0.05, 0) is 60.4 Å². The van der Waals surface area contributed by atoms with E-state index in [-0.39, 0.29) is 48.0 Å². The van der Waals surface area contributed by atoms with Crippen LogP contribution in [-0.4, -0.2) is 56.5 Å². The summed E-state index contributed by atoms with van der Waals surface area (Å²) in [6.07, 6.45) is 0.817. The van der Waals surface area contributed by atoms with Crippen LogP contribution in [0.25, 0.3) is 11.1 Å². The Bertz CT molecular complexity index is 1700. The van der Waals surface area contributed by atoms with Gasteiger partial charge in [0.1, 0.15) is 22.8 Å². The molecule has 9 heteroatoms. The number of Topliss-reactive ketones (excluding diaryl/α,β-unsaturated/α-hetero) is 3. The Kier molecular flexibility index (Phi) is 7.40. The van der Waals surface area contributed by atoms with Crippen LogP contribution < -0.4 is 0 Å². The molecule has 44 heavy (non-hydrogen) atoms. The lowest BCUT2D eigenvalue weighted by atomic mass is 9.44. The summed E-state index contributed by atoms with van der Waals surface area (Å²) in [5, 5.41) is 46.3. The number of aromatic hydroxyl groups is 1. The van der Waals surface area contributed by atoms with Crippen LogP contribution >= 0.6 is 0 Å². The van der Waals surface area contributed by atoms with E-state index >= 15 is 0 Å². The molecule has 0 aliphatic heterocycles. The fourth-order valence-electron chi connectivity index (χ4n) is 8.25. The van der Waals surface area contributed by atoms with Crippen LogP contribution in [0, 0.1) is 22.7 Å². The van der Waals surface area contributed by atoms with Gasteiger partial charge < -0.3 is 25.2 Å².